The van der Waals surface area contributed by atoms with Crippen molar-refractivity contribution in [3.8, 4) is 0 Å². The number of amides is 7. The largest absolute Gasteiger partial charge is 0.392 e. The van der Waals surface area contributed by atoms with E-state index in [1.807, 2.05) is 0 Å². The summed E-state index contributed by atoms with van der Waals surface area (Å²) >= 11 is 1.19. The van der Waals surface area contributed by atoms with Crippen molar-refractivity contribution in [3.63, 3.8) is 0 Å². The van der Waals surface area contributed by atoms with Crippen LogP contribution in [0.3, 0.4) is 0 Å². The van der Waals surface area contributed by atoms with Gasteiger partial charge in [0.25, 0.3) is 0 Å². The number of urea groups is 1. The van der Waals surface area contributed by atoms with Crippen molar-refractivity contribution < 1.29 is 38.7 Å². The maximum Gasteiger partial charge on any atom is 0.312 e. The maximum atomic E-state index is 13.5. The molecule has 0 aromatic heterocycles. The molecule has 1 saturated heterocycles. The number of anilines is 1. The highest BCUT2D eigenvalue weighted by Crippen LogP contribution is 2.20. The minimum atomic E-state index is -0.868. The number of aliphatic hydroxyl groups excluding tert-OH is 1. The van der Waals surface area contributed by atoms with Gasteiger partial charge in [0.1, 0.15) is 0 Å². The van der Waals surface area contributed by atoms with Crippen LogP contribution in [0.5, 0.6) is 0 Å². The molecule has 0 spiro atoms. The van der Waals surface area contributed by atoms with E-state index in [1.54, 1.807) is 38.1 Å². The van der Waals surface area contributed by atoms with E-state index in [9.17, 15) is 38.7 Å². The van der Waals surface area contributed by atoms with E-state index in [-0.39, 0.29) is 81.5 Å². The molecule has 7 amide bonds. The molecule has 2 atom stereocenters. The summed E-state index contributed by atoms with van der Waals surface area (Å²) in [7, 11) is 0. The lowest BCUT2D eigenvalue weighted by Gasteiger charge is -2.41. The molecule has 1 aliphatic heterocycles. The molecule has 2 rings (SSSR count). The second kappa shape index (κ2) is 20.6. The molecule has 0 unspecified atom stereocenters. The number of primary amides is 1. The molecule has 0 radical (unpaired) electrons. The lowest BCUT2D eigenvalue weighted by molar-refractivity contribution is -0.154. The van der Waals surface area contributed by atoms with Gasteiger partial charge in [0, 0.05) is 36.7 Å². The SMILES string of the molecule is C=CC(=O)N1CN(C(=O)C=C)CN(C(=O)CCSCC(=O)N[C@H](C(=O)C[C@H](CCCNC(N)=O)C(=O)Nc2ccc(CO)cc2)C(C)C)C1. The van der Waals surface area contributed by atoms with Crippen LogP contribution in [-0.4, -0.2) is 105 Å². The highest BCUT2D eigenvalue weighted by Gasteiger charge is 2.31. The molecule has 1 aromatic rings. The number of hydrogen-bond acceptors (Lipinski definition) is 9. The van der Waals surface area contributed by atoms with Crippen molar-refractivity contribution in [2.75, 3.05) is 43.4 Å². The first kappa shape index (κ1) is 40.5. The van der Waals surface area contributed by atoms with Crippen molar-refractivity contribution in [2.45, 2.75) is 52.2 Å². The number of hydrogen-bond donors (Lipinski definition) is 5. The number of carbonyl (C=O) groups excluding carboxylic acids is 7. The first-order valence-electron chi connectivity index (χ1n) is 15.8. The number of rotatable bonds is 19. The molecular formula is C33H47N7O8S. The lowest BCUT2D eigenvalue weighted by atomic mass is 9.89. The van der Waals surface area contributed by atoms with E-state index >= 15 is 0 Å². The Morgan fingerprint density at radius 2 is 1.55 bits per heavy atom. The molecule has 0 saturated carbocycles. The van der Waals surface area contributed by atoms with Crippen LogP contribution in [0, 0.1) is 11.8 Å². The molecule has 49 heavy (non-hydrogen) atoms. The Morgan fingerprint density at radius 1 is 0.959 bits per heavy atom. The molecule has 1 fully saturated rings. The molecule has 16 heteroatoms. The number of carbonyl (C=O) groups is 7. The van der Waals surface area contributed by atoms with Gasteiger partial charge in [-0.15, -0.1) is 0 Å². The molecule has 268 valence electrons. The van der Waals surface area contributed by atoms with Gasteiger partial charge in [-0.1, -0.05) is 39.1 Å². The van der Waals surface area contributed by atoms with E-state index < -0.39 is 41.6 Å². The third-order valence-corrected chi connectivity index (χ3v) is 8.58. The van der Waals surface area contributed by atoms with Gasteiger partial charge in [-0.25, -0.2) is 4.79 Å². The van der Waals surface area contributed by atoms with Gasteiger partial charge in [-0.05, 0) is 48.6 Å². The van der Waals surface area contributed by atoms with E-state index in [4.69, 9.17) is 5.73 Å². The Hall–Kier alpha value is -4.70. The number of benzene rings is 1. The van der Waals surface area contributed by atoms with Crippen LogP contribution in [0.15, 0.2) is 49.6 Å². The number of nitrogens with one attached hydrogen (secondary N) is 3. The van der Waals surface area contributed by atoms with Gasteiger partial charge in [-0.3, -0.25) is 28.8 Å². The fourth-order valence-corrected chi connectivity index (χ4v) is 5.69. The molecule has 0 aliphatic carbocycles. The minimum absolute atomic E-state index is 0.00127. The molecule has 1 aromatic carbocycles. The van der Waals surface area contributed by atoms with Crippen molar-refractivity contribution in [2.24, 2.45) is 17.6 Å². The Labute approximate surface area is 290 Å². The van der Waals surface area contributed by atoms with Gasteiger partial charge in [-0.2, -0.15) is 11.8 Å². The predicted molar refractivity (Wildman–Crippen MR) is 185 cm³/mol. The van der Waals surface area contributed by atoms with Crippen LogP contribution in [-0.2, 0) is 35.4 Å². The number of nitrogens with two attached hydrogens (primary N) is 1. The minimum Gasteiger partial charge on any atom is -0.392 e. The normalized spacial score (nSPS) is 14.0. The van der Waals surface area contributed by atoms with E-state index in [2.05, 4.69) is 29.1 Å². The zero-order valence-electron chi connectivity index (χ0n) is 28.0. The summed E-state index contributed by atoms with van der Waals surface area (Å²) < 4.78 is 0. The van der Waals surface area contributed by atoms with Crippen molar-refractivity contribution in [1.29, 1.82) is 0 Å². The first-order valence-corrected chi connectivity index (χ1v) is 17.0. The van der Waals surface area contributed by atoms with E-state index in [1.165, 1.54) is 26.5 Å². The van der Waals surface area contributed by atoms with E-state index in [0.717, 1.165) is 12.2 Å². The van der Waals surface area contributed by atoms with Crippen LogP contribution in [0.4, 0.5) is 10.5 Å². The summed E-state index contributed by atoms with van der Waals surface area (Å²) in [6.45, 7) is 10.5. The molecule has 15 nitrogen and oxygen atoms in total. The zero-order chi connectivity index (χ0) is 36.5. The highest BCUT2D eigenvalue weighted by molar-refractivity contribution is 7.99. The number of aliphatic hydroxyl groups is 1. The number of nitrogens with zero attached hydrogens (tertiary/aromatic N) is 3. The van der Waals surface area contributed by atoms with Gasteiger partial charge in [0.05, 0.1) is 38.4 Å². The summed E-state index contributed by atoms with van der Waals surface area (Å²) in [6.07, 6.45) is 2.74. The van der Waals surface area contributed by atoms with Gasteiger partial charge in [0.15, 0.2) is 5.78 Å². The molecule has 0 bridgehead atoms. The topological polar surface area (TPSA) is 212 Å². The Kier molecular flexibility index (Phi) is 17.0. The quantitative estimate of drug-likeness (QED) is 0.103. The average Bonchev–Trinajstić information content (AvgIpc) is 3.09. The van der Waals surface area contributed by atoms with Crippen LogP contribution in [0.1, 0.15) is 45.1 Å². The Morgan fingerprint density at radius 3 is 2.08 bits per heavy atom. The average molecular weight is 702 g/mol. The maximum absolute atomic E-state index is 13.5. The summed E-state index contributed by atoms with van der Waals surface area (Å²) in [5.41, 5.74) is 6.30. The van der Waals surface area contributed by atoms with Gasteiger partial charge >= 0.3 is 6.03 Å². The van der Waals surface area contributed by atoms with Crippen LogP contribution in [0.2, 0.25) is 0 Å². The summed E-state index contributed by atoms with van der Waals surface area (Å²) in [5.74, 6) is -3.12. The number of Topliss-reactive ketones (excluding diaryl/α,β-unsaturated/α-hetero) is 1. The summed E-state index contributed by atoms with van der Waals surface area (Å²) in [4.78, 5) is 91.8. The fraction of sp³-hybridized carbons (Fsp3) is 0.485. The molecule has 6 N–H and O–H groups in total. The van der Waals surface area contributed by atoms with Gasteiger partial charge < -0.3 is 41.5 Å². The second-order valence-corrected chi connectivity index (χ2v) is 12.9. The van der Waals surface area contributed by atoms with Crippen molar-refractivity contribution >= 4 is 58.8 Å². The molecular weight excluding hydrogens is 654 g/mol. The molecule has 1 heterocycles. The van der Waals surface area contributed by atoms with E-state index in [0.29, 0.717) is 17.7 Å². The predicted octanol–water partition coefficient (Wildman–Crippen LogP) is 1.15. The number of ketones is 1. The lowest BCUT2D eigenvalue weighted by Crippen LogP contribution is -2.59. The monoisotopic (exact) mass is 701 g/mol. The molecule has 1 aliphatic rings. The third kappa shape index (κ3) is 13.7. The second-order valence-electron chi connectivity index (χ2n) is 11.8. The standard InChI is InChI=1S/C33H47N7O8S/c1-5-28(44)38-19-39(29(45)6-2)21-40(20-38)30(46)13-15-49-18-27(43)37-31(22(3)4)26(42)16-24(8-7-14-35-33(34)48)32(47)36-25-11-9-23(17-41)10-12-25/h5-6,9-12,22,24,31,41H,1-2,7-8,13-21H2,3-4H3,(H,36,47)(H,37,43)(H3,34,35,48)/t24-,31-/m0/s1. The Balaban J connectivity index is 1.95. The van der Waals surface area contributed by atoms with Crippen molar-refractivity contribution in [3.05, 3.63) is 55.1 Å². The summed E-state index contributed by atoms with van der Waals surface area (Å²) in [6, 6.07) is 5.05. The highest BCUT2D eigenvalue weighted by atomic mass is 32.2. The summed E-state index contributed by atoms with van der Waals surface area (Å²) in [5, 5.41) is 17.3. The van der Waals surface area contributed by atoms with Crippen LogP contribution in [0.25, 0.3) is 0 Å². The fourth-order valence-electron chi connectivity index (χ4n) is 4.96. The first-order chi connectivity index (χ1) is 23.3. The smallest absolute Gasteiger partial charge is 0.312 e. The van der Waals surface area contributed by atoms with Gasteiger partial charge in [0.2, 0.25) is 29.5 Å². The van der Waals surface area contributed by atoms with Crippen LogP contribution >= 0.6 is 11.8 Å². The number of thioether (sulfide) groups is 1. The third-order valence-electron chi connectivity index (χ3n) is 7.62. The Bertz CT molecular complexity index is 1340. The van der Waals surface area contributed by atoms with Crippen LogP contribution < -0.4 is 21.7 Å². The zero-order valence-corrected chi connectivity index (χ0v) is 28.8. The van der Waals surface area contributed by atoms with Crippen molar-refractivity contribution in [1.82, 2.24) is 25.3 Å².